The fourth-order valence-corrected chi connectivity index (χ4v) is 1.36. The van der Waals surface area contributed by atoms with Gasteiger partial charge >= 0.3 is 5.97 Å². The second kappa shape index (κ2) is 3.42. The molecular weight excluding hydrogens is 206 g/mol. The molecule has 0 aliphatic carbocycles. The predicted molar refractivity (Wildman–Crippen MR) is 50.4 cm³/mol. The van der Waals surface area contributed by atoms with Crippen LogP contribution in [0, 0.1) is 5.92 Å². The molecule has 0 unspecified atom stereocenters. The summed E-state index contributed by atoms with van der Waals surface area (Å²) in [5.74, 6) is -0.531. The molecule has 1 N–H and O–H groups in total. The molecule has 0 saturated carbocycles. The number of nitrogens with zero attached hydrogens (tertiary/aromatic N) is 3. The van der Waals surface area contributed by atoms with Crippen molar-refractivity contribution in [3.8, 4) is 0 Å². The van der Waals surface area contributed by atoms with Crippen LogP contribution in [0.5, 0.6) is 0 Å². The van der Waals surface area contributed by atoms with E-state index in [1.165, 1.54) is 12.4 Å². The average Bonchev–Trinajstić information content (AvgIpc) is 2.05. The monoisotopic (exact) mass is 213 g/mol. The Labute approximate surface area is 85.3 Å². The summed E-state index contributed by atoms with van der Waals surface area (Å²) < 4.78 is 0. The Hall–Kier alpha value is -1.36. The Bertz CT molecular complexity index is 348. The lowest BCUT2D eigenvalue weighted by molar-refractivity contribution is -0.142. The summed E-state index contributed by atoms with van der Waals surface area (Å²) in [7, 11) is 0. The molecule has 1 fully saturated rings. The highest BCUT2D eigenvalue weighted by Gasteiger charge is 2.33. The molecule has 0 radical (unpaired) electrons. The van der Waals surface area contributed by atoms with Crippen LogP contribution in [0.4, 0.5) is 5.95 Å². The molecule has 0 atom stereocenters. The first-order chi connectivity index (χ1) is 6.66. The summed E-state index contributed by atoms with van der Waals surface area (Å²) in [6.07, 6.45) is 3.00. The van der Waals surface area contributed by atoms with Gasteiger partial charge in [0.05, 0.1) is 23.3 Å². The van der Waals surface area contributed by atoms with Gasteiger partial charge in [0, 0.05) is 13.1 Å². The van der Waals surface area contributed by atoms with Crippen molar-refractivity contribution in [2.45, 2.75) is 0 Å². The van der Waals surface area contributed by atoms with E-state index < -0.39 is 5.97 Å². The van der Waals surface area contributed by atoms with E-state index in [1.807, 2.05) is 0 Å². The second-order valence-electron chi connectivity index (χ2n) is 3.14. The molecule has 0 aromatic carbocycles. The number of anilines is 1. The predicted octanol–water partition coefficient (Wildman–Crippen LogP) is 0.651. The number of hydrogen-bond donors (Lipinski definition) is 1. The molecule has 2 heterocycles. The summed E-state index contributed by atoms with van der Waals surface area (Å²) in [4.78, 5) is 20.3. The first-order valence-corrected chi connectivity index (χ1v) is 4.50. The van der Waals surface area contributed by atoms with Crippen molar-refractivity contribution in [1.82, 2.24) is 9.97 Å². The summed E-state index contributed by atoms with van der Waals surface area (Å²) >= 11 is 5.62. The van der Waals surface area contributed by atoms with Crippen LogP contribution in [-0.2, 0) is 4.79 Å². The van der Waals surface area contributed by atoms with Crippen LogP contribution in [0.3, 0.4) is 0 Å². The molecule has 74 valence electrons. The number of carboxylic acids is 1. The van der Waals surface area contributed by atoms with Gasteiger partial charge in [-0.1, -0.05) is 11.6 Å². The highest BCUT2D eigenvalue weighted by atomic mass is 35.5. The van der Waals surface area contributed by atoms with Gasteiger partial charge in [-0.25, -0.2) is 9.97 Å². The zero-order chi connectivity index (χ0) is 10.1. The smallest absolute Gasteiger partial charge is 0.310 e. The molecule has 1 aromatic heterocycles. The number of carbonyl (C=O) groups is 1. The van der Waals surface area contributed by atoms with Crippen molar-refractivity contribution in [1.29, 1.82) is 0 Å². The Kier molecular flexibility index (Phi) is 2.25. The second-order valence-corrected chi connectivity index (χ2v) is 3.58. The van der Waals surface area contributed by atoms with E-state index in [1.54, 1.807) is 4.90 Å². The Morgan fingerprint density at radius 3 is 2.57 bits per heavy atom. The van der Waals surface area contributed by atoms with Crippen LogP contribution < -0.4 is 4.90 Å². The fourth-order valence-electron chi connectivity index (χ4n) is 1.27. The molecule has 1 saturated heterocycles. The lowest BCUT2D eigenvalue weighted by atomic mass is 10.0. The molecule has 5 nitrogen and oxygen atoms in total. The summed E-state index contributed by atoms with van der Waals surface area (Å²) in [5.41, 5.74) is 0. The van der Waals surface area contributed by atoms with Crippen molar-refractivity contribution in [3.05, 3.63) is 17.4 Å². The first-order valence-electron chi connectivity index (χ1n) is 4.12. The van der Waals surface area contributed by atoms with E-state index in [0.29, 0.717) is 24.1 Å². The van der Waals surface area contributed by atoms with E-state index in [2.05, 4.69) is 9.97 Å². The Morgan fingerprint density at radius 2 is 2.07 bits per heavy atom. The normalized spacial score (nSPS) is 16.5. The number of aromatic nitrogens is 2. The third-order valence-electron chi connectivity index (χ3n) is 2.12. The zero-order valence-corrected chi connectivity index (χ0v) is 7.98. The number of halogens is 1. The largest absolute Gasteiger partial charge is 0.481 e. The van der Waals surface area contributed by atoms with Crippen LogP contribution in [0.15, 0.2) is 12.4 Å². The lowest BCUT2D eigenvalue weighted by Crippen LogP contribution is -2.51. The number of aliphatic carboxylic acids is 1. The number of hydrogen-bond acceptors (Lipinski definition) is 4. The molecule has 6 heteroatoms. The molecule has 0 spiro atoms. The van der Waals surface area contributed by atoms with Crippen molar-refractivity contribution >= 4 is 23.5 Å². The van der Waals surface area contributed by atoms with Gasteiger partial charge in [-0.2, -0.15) is 0 Å². The van der Waals surface area contributed by atoms with Gasteiger partial charge in [-0.3, -0.25) is 4.79 Å². The van der Waals surface area contributed by atoms with E-state index in [0.717, 1.165) is 0 Å². The van der Waals surface area contributed by atoms with Crippen molar-refractivity contribution < 1.29 is 9.90 Å². The van der Waals surface area contributed by atoms with Gasteiger partial charge in [-0.15, -0.1) is 0 Å². The van der Waals surface area contributed by atoms with Crippen molar-refractivity contribution in [3.63, 3.8) is 0 Å². The van der Waals surface area contributed by atoms with Crippen molar-refractivity contribution in [2.75, 3.05) is 18.0 Å². The number of rotatable bonds is 2. The lowest BCUT2D eigenvalue weighted by Gasteiger charge is -2.36. The Morgan fingerprint density at radius 1 is 1.50 bits per heavy atom. The van der Waals surface area contributed by atoms with Crippen molar-refractivity contribution in [2.24, 2.45) is 5.92 Å². The fraction of sp³-hybridized carbons (Fsp3) is 0.375. The summed E-state index contributed by atoms with van der Waals surface area (Å²) in [6.45, 7) is 0.938. The van der Waals surface area contributed by atoms with Crippen LogP contribution in [0.1, 0.15) is 0 Å². The number of carboxylic acid groups (broad SMARTS) is 1. The van der Waals surface area contributed by atoms with Gasteiger partial charge in [0.25, 0.3) is 0 Å². The van der Waals surface area contributed by atoms with E-state index in [9.17, 15) is 4.79 Å². The van der Waals surface area contributed by atoms with Gasteiger partial charge in [-0.05, 0) is 0 Å². The average molecular weight is 214 g/mol. The molecule has 1 aliphatic heterocycles. The molecule has 0 bridgehead atoms. The van der Waals surface area contributed by atoms with Crippen LogP contribution in [0.25, 0.3) is 0 Å². The maximum absolute atomic E-state index is 10.5. The quantitative estimate of drug-likeness (QED) is 0.782. The van der Waals surface area contributed by atoms with E-state index in [4.69, 9.17) is 16.7 Å². The maximum atomic E-state index is 10.5. The standard InChI is InChI=1S/C8H8ClN3O2/c9-6-1-10-8(11-2-6)12-3-5(4-12)7(13)14/h1-2,5H,3-4H2,(H,13,14). The topological polar surface area (TPSA) is 66.3 Å². The molecule has 1 aromatic rings. The maximum Gasteiger partial charge on any atom is 0.310 e. The molecule has 0 amide bonds. The minimum Gasteiger partial charge on any atom is -0.481 e. The van der Waals surface area contributed by atoms with E-state index >= 15 is 0 Å². The van der Waals surface area contributed by atoms with Crippen LogP contribution in [-0.4, -0.2) is 34.1 Å². The Balaban J connectivity index is 2.00. The van der Waals surface area contributed by atoms with Gasteiger partial charge < -0.3 is 10.0 Å². The minimum absolute atomic E-state index is 0.297. The molecule has 14 heavy (non-hydrogen) atoms. The van der Waals surface area contributed by atoms with Crippen LogP contribution in [0.2, 0.25) is 5.02 Å². The molecule has 2 rings (SSSR count). The first kappa shape index (κ1) is 9.21. The summed E-state index contributed by atoms with van der Waals surface area (Å²) in [6, 6.07) is 0. The minimum atomic E-state index is -0.768. The van der Waals surface area contributed by atoms with Gasteiger partial charge in [0.2, 0.25) is 5.95 Å². The van der Waals surface area contributed by atoms with Gasteiger partial charge in [0.15, 0.2) is 0 Å². The zero-order valence-electron chi connectivity index (χ0n) is 7.22. The molecule has 1 aliphatic rings. The van der Waals surface area contributed by atoms with Gasteiger partial charge in [0.1, 0.15) is 0 Å². The van der Waals surface area contributed by atoms with E-state index in [-0.39, 0.29) is 5.92 Å². The SMILES string of the molecule is O=C(O)C1CN(c2ncc(Cl)cn2)C1. The highest BCUT2D eigenvalue weighted by Crippen LogP contribution is 2.21. The highest BCUT2D eigenvalue weighted by molar-refractivity contribution is 6.30. The third kappa shape index (κ3) is 1.63. The van der Waals surface area contributed by atoms with Crippen LogP contribution >= 0.6 is 11.6 Å². The summed E-state index contributed by atoms with van der Waals surface area (Å²) in [5, 5.41) is 9.13. The molecular formula is C8H8ClN3O2. The third-order valence-corrected chi connectivity index (χ3v) is 2.32.